The van der Waals surface area contributed by atoms with E-state index in [0.29, 0.717) is 24.0 Å². The number of methoxy groups -OCH3 is 2. The van der Waals surface area contributed by atoms with Gasteiger partial charge in [0.1, 0.15) is 5.76 Å². The summed E-state index contributed by atoms with van der Waals surface area (Å²) in [6.45, 7) is 3.64. The van der Waals surface area contributed by atoms with Gasteiger partial charge in [0.15, 0.2) is 17.5 Å². The van der Waals surface area contributed by atoms with Crippen molar-refractivity contribution >= 4 is 5.96 Å². The van der Waals surface area contributed by atoms with Gasteiger partial charge >= 0.3 is 0 Å². The zero-order valence-corrected chi connectivity index (χ0v) is 15.5. The molecule has 0 aliphatic carbocycles. The van der Waals surface area contributed by atoms with Gasteiger partial charge in [-0.05, 0) is 36.8 Å². The first kappa shape index (κ1) is 19.7. The Hall–Kier alpha value is -2.67. The van der Waals surface area contributed by atoms with E-state index >= 15 is 0 Å². The molecule has 1 aromatic heterocycles. The van der Waals surface area contributed by atoms with Gasteiger partial charge in [0.25, 0.3) is 0 Å². The Morgan fingerprint density at radius 2 is 2.00 bits per heavy atom. The molecule has 0 saturated heterocycles. The van der Waals surface area contributed by atoms with Crippen LogP contribution in [0.3, 0.4) is 0 Å². The Balaban J connectivity index is 1.94. The summed E-state index contributed by atoms with van der Waals surface area (Å²) in [5.74, 6) is 2.77. The van der Waals surface area contributed by atoms with Crippen molar-refractivity contribution in [3.05, 3.63) is 47.9 Å². The molecule has 3 N–H and O–H groups in total. The Kier molecular flexibility index (Phi) is 7.82. The summed E-state index contributed by atoms with van der Waals surface area (Å²) in [6, 6.07) is 9.14. The van der Waals surface area contributed by atoms with Crippen molar-refractivity contribution in [2.75, 3.05) is 33.9 Å². The predicted octanol–water partition coefficient (Wildman–Crippen LogP) is 2.13. The summed E-state index contributed by atoms with van der Waals surface area (Å²) in [5.41, 5.74) is 0.720. The van der Waals surface area contributed by atoms with E-state index in [-0.39, 0.29) is 6.54 Å². The number of aliphatic imine (C=N–C) groups is 1. The fourth-order valence-electron chi connectivity index (χ4n) is 2.44. The largest absolute Gasteiger partial charge is 0.493 e. The van der Waals surface area contributed by atoms with E-state index in [2.05, 4.69) is 15.6 Å². The van der Waals surface area contributed by atoms with Gasteiger partial charge in [0.05, 0.1) is 33.1 Å². The van der Waals surface area contributed by atoms with Crippen LogP contribution in [-0.4, -0.2) is 44.9 Å². The standard InChI is InChI=1S/C19H27N3O4/c1-4-20-19(21-10-9-15-6-5-11-26-15)22-13-16(23)14-7-8-17(24-2)18(12-14)25-3/h5-8,11-12,16,23H,4,9-10,13H2,1-3H3,(H2,20,21,22). The van der Waals surface area contributed by atoms with Crippen molar-refractivity contribution in [1.82, 2.24) is 10.6 Å². The van der Waals surface area contributed by atoms with Gasteiger partial charge in [-0.25, -0.2) is 0 Å². The van der Waals surface area contributed by atoms with Gasteiger partial charge in [0.2, 0.25) is 0 Å². The second-order valence-electron chi connectivity index (χ2n) is 5.61. The molecule has 7 heteroatoms. The molecule has 1 atom stereocenters. The summed E-state index contributed by atoms with van der Waals surface area (Å²) in [4.78, 5) is 4.45. The number of benzene rings is 1. The van der Waals surface area contributed by atoms with E-state index in [1.54, 1.807) is 38.7 Å². The normalized spacial score (nSPS) is 12.5. The molecule has 0 aliphatic heterocycles. The van der Waals surface area contributed by atoms with Crippen molar-refractivity contribution in [1.29, 1.82) is 0 Å². The molecule has 0 saturated carbocycles. The Labute approximate surface area is 154 Å². The van der Waals surface area contributed by atoms with Crippen LogP contribution in [0.1, 0.15) is 24.4 Å². The number of rotatable bonds is 9. The number of nitrogens with one attached hydrogen (secondary N) is 2. The third kappa shape index (κ3) is 5.70. The number of hydrogen-bond donors (Lipinski definition) is 3. The third-order valence-electron chi connectivity index (χ3n) is 3.80. The van der Waals surface area contributed by atoms with Crippen molar-refractivity contribution in [2.45, 2.75) is 19.4 Å². The minimum absolute atomic E-state index is 0.228. The Bertz CT molecular complexity index is 686. The lowest BCUT2D eigenvalue weighted by atomic mass is 10.1. The summed E-state index contributed by atoms with van der Waals surface area (Å²) in [6.07, 6.45) is 1.68. The second kappa shape index (κ2) is 10.4. The van der Waals surface area contributed by atoms with Gasteiger partial charge in [-0.1, -0.05) is 6.07 Å². The molecule has 0 bridgehead atoms. The number of furan rings is 1. The SMILES string of the molecule is CCNC(=NCC(O)c1ccc(OC)c(OC)c1)NCCc1ccco1. The highest BCUT2D eigenvalue weighted by atomic mass is 16.5. The number of aliphatic hydroxyl groups excluding tert-OH is 1. The molecule has 0 amide bonds. The average molecular weight is 361 g/mol. The van der Waals surface area contributed by atoms with Gasteiger partial charge in [-0.3, -0.25) is 4.99 Å². The zero-order valence-electron chi connectivity index (χ0n) is 15.5. The van der Waals surface area contributed by atoms with E-state index in [4.69, 9.17) is 13.9 Å². The van der Waals surface area contributed by atoms with E-state index in [9.17, 15) is 5.11 Å². The molecular weight excluding hydrogens is 334 g/mol. The first-order valence-electron chi connectivity index (χ1n) is 8.62. The van der Waals surface area contributed by atoms with Crippen LogP contribution < -0.4 is 20.1 Å². The Morgan fingerprint density at radius 3 is 2.65 bits per heavy atom. The molecular formula is C19H27N3O4. The van der Waals surface area contributed by atoms with E-state index in [0.717, 1.165) is 24.3 Å². The maximum atomic E-state index is 10.4. The van der Waals surface area contributed by atoms with Crippen LogP contribution in [-0.2, 0) is 6.42 Å². The quantitative estimate of drug-likeness (QED) is 0.468. The van der Waals surface area contributed by atoms with E-state index < -0.39 is 6.10 Å². The molecule has 0 aliphatic rings. The Morgan fingerprint density at radius 1 is 1.19 bits per heavy atom. The highest BCUT2D eigenvalue weighted by molar-refractivity contribution is 5.79. The van der Waals surface area contributed by atoms with Crippen LogP contribution in [0.2, 0.25) is 0 Å². The molecule has 2 aromatic rings. The molecule has 142 valence electrons. The molecule has 0 fully saturated rings. The van der Waals surface area contributed by atoms with Crippen molar-refractivity contribution < 1.29 is 19.0 Å². The summed E-state index contributed by atoms with van der Waals surface area (Å²) < 4.78 is 15.8. The van der Waals surface area contributed by atoms with Gasteiger partial charge in [-0.2, -0.15) is 0 Å². The van der Waals surface area contributed by atoms with E-state index in [1.807, 2.05) is 19.1 Å². The summed E-state index contributed by atoms with van der Waals surface area (Å²) in [7, 11) is 3.15. The number of aliphatic hydroxyl groups is 1. The molecule has 2 rings (SSSR count). The number of nitrogens with zero attached hydrogens (tertiary/aromatic N) is 1. The third-order valence-corrected chi connectivity index (χ3v) is 3.80. The van der Waals surface area contributed by atoms with Crippen LogP contribution in [0.4, 0.5) is 0 Å². The van der Waals surface area contributed by atoms with Gasteiger partial charge in [-0.15, -0.1) is 0 Å². The van der Waals surface area contributed by atoms with Crippen LogP contribution in [0.15, 0.2) is 46.0 Å². The van der Waals surface area contributed by atoms with Crippen LogP contribution in [0.5, 0.6) is 11.5 Å². The molecule has 1 unspecified atom stereocenters. The fraction of sp³-hybridized carbons (Fsp3) is 0.421. The zero-order chi connectivity index (χ0) is 18.8. The topological polar surface area (TPSA) is 88.3 Å². The highest BCUT2D eigenvalue weighted by Gasteiger charge is 2.12. The van der Waals surface area contributed by atoms with Crippen LogP contribution >= 0.6 is 0 Å². The van der Waals surface area contributed by atoms with Crippen molar-refractivity contribution in [2.24, 2.45) is 4.99 Å². The lowest BCUT2D eigenvalue weighted by molar-refractivity contribution is 0.186. The second-order valence-corrected chi connectivity index (χ2v) is 5.61. The molecule has 7 nitrogen and oxygen atoms in total. The predicted molar refractivity (Wildman–Crippen MR) is 101 cm³/mol. The molecule has 0 spiro atoms. The molecule has 1 heterocycles. The number of ether oxygens (including phenoxy) is 2. The number of hydrogen-bond acceptors (Lipinski definition) is 5. The lowest BCUT2D eigenvalue weighted by Gasteiger charge is -2.14. The minimum atomic E-state index is -0.740. The lowest BCUT2D eigenvalue weighted by Crippen LogP contribution is -2.38. The maximum absolute atomic E-state index is 10.4. The van der Waals surface area contributed by atoms with Crippen molar-refractivity contribution in [3.63, 3.8) is 0 Å². The average Bonchev–Trinajstić information content (AvgIpc) is 3.18. The minimum Gasteiger partial charge on any atom is -0.493 e. The highest BCUT2D eigenvalue weighted by Crippen LogP contribution is 2.29. The van der Waals surface area contributed by atoms with E-state index in [1.165, 1.54) is 0 Å². The fourth-order valence-corrected chi connectivity index (χ4v) is 2.44. The first-order chi connectivity index (χ1) is 12.7. The summed E-state index contributed by atoms with van der Waals surface area (Å²) in [5, 5.41) is 16.8. The molecule has 26 heavy (non-hydrogen) atoms. The monoisotopic (exact) mass is 361 g/mol. The molecule has 0 radical (unpaired) electrons. The number of guanidine groups is 1. The van der Waals surface area contributed by atoms with Crippen LogP contribution in [0.25, 0.3) is 0 Å². The van der Waals surface area contributed by atoms with Crippen LogP contribution in [0, 0.1) is 0 Å². The summed E-state index contributed by atoms with van der Waals surface area (Å²) >= 11 is 0. The smallest absolute Gasteiger partial charge is 0.191 e. The first-order valence-corrected chi connectivity index (χ1v) is 8.62. The van der Waals surface area contributed by atoms with Gasteiger partial charge < -0.3 is 29.6 Å². The van der Waals surface area contributed by atoms with Gasteiger partial charge in [0, 0.05) is 19.5 Å². The van der Waals surface area contributed by atoms with Crippen molar-refractivity contribution in [3.8, 4) is 11.5 Å². The molecule has 1 aromatic carbocycles. The maximum Gasteiger partial charge on any atom is 0.191 e.